The van der Waals surface area contributed by atoms with Crippen LogP contribution in [-0.2, 0) is 9.53 Å². The van der Waals surface area contributed by atoms with E-state index in [0.717, 1.165) is 17.8 Å². The maximum absolute atomic E-state index is 13.7. The van der Waals surface area contributed by atoms with Crippen molar-refractivity contribution in [3.8, 4) is 5.75 Å². The van der Waals surface area contributed by atoms with Gasteiger partial charge in [-0.1, -0.05) is 33.8 Å². The average Bonchev–Trinajstić information content (AvgIpc) is 2.77. The van der Waals surface area contributed by atoms with Gasteiger partial charge in [0, 0.05) is 17.6 Å². The number of rotatable bonds is 7. The lowest BCUT2D eigenvalue weighted by atomic mass is 9.79. The van der Waals surface area contributed by atoms with Gasteiger partial charge in [0.1, 0.15) is 5.75 Å². The number of hydrogen-bond donors (Lipinski definition) is 3. The Kier molecular flexibility index (Phi) is 8.74. The highest BCUT2D eigenvalue weighted by atomic mass is 16.5. The van der Waals surface area contributed by atoms with Crippen molar-refractivity contribution in [3.63, 3.8) is 0 Å². The molecule has 1 aliphatic carbocycles. The van der Waals surface area contributed by atoms with E-state index in [1.54, 1.807) is 7.11 Å². The molecule has 0 aromatic heterocycles. The Morgan fingerprint density at radius 3 is 2.36 bits per heavy atom. The smallest absolute Gasteiger partial charge is 0.488 e. The van der Waals surface area contributed by atoms with Crippen LogP contribution in [0.2, 0.25) is 0 Å². The van der Waals surface area contributed by atoms with E-state index in [1.165, 1.54) is 30.3 Å². The average molecular weight is 458 g/mol. The first kappa shape index (κ1) is 26.5. The Balaban J connectivity index is 2.51. The Labute approximate surface area is 196 Å². The molecule has 1 aromatic rings. The van der Waals surface area contributed by atoms with E-state index in [-0.39, 0.29) is 22.5 Å². The van der Waals surface area contributed by atoms with Crippen molar-refractivity contribution in [1.82, 2.24) is 10.4 Å². The van der Waals surface area contributed by atoms with E-state index in [1.807, 2.05) is 40.7 Å². The lowest BCUT2D eigenvalue weighted by Gasteiger charge is -2.40. The van der Waals surface area contributed by atoms with Crippen LogP contribution in [0.4, 0.5) is 0 Å². The summed E-state index contributed by atoms with van der Waals surface area (Å²) in [5.41, 5.74) is 3.97. The molecule has 1 aromatic carbocycles. The summed E-state index contributed by atoms with van der Waals surface area (Å²) in [6.45, 7) is 9.76. The molecule has 9 heteroatoms. The molecule has 0 fully saturated rings. The molecular weight excluding hydrogens is 423 g/mol. The highest BCUT2D eigenvalue weighted by Crippen LogP contribution is 2.29. The highest BCUT2D eigenvalue weighted by Gasteiger charge is 2.35. The molecule has 0 aliphatic heterocycles. The summed E-state index contributed by atoms with van der Waals surface area (Å²) < 4.78 is 10.6. The van der Waals surface area contributed by atoms with E-state index in [2.05, 4.69) is 5.43 Å². The van der Waals surface area contributed by atoms with E-state index in [0.29, 0.717) is 24.2 Å². The standard InChI is InChI=1S/C24H35BN2O6/c1-8-21(24(3,4)5)27(26-22(28)19-10-9-11-20(33-7)15(19)2)23(29)16-12-17(25(30)31)14-18(13-16)32-6/h10,12-14,21,30-31H,8-9,11H2,1-7H3,(H,26,28). The van der Waals surface area contributed by atoms with Gasteiger partial charge >= 0.3 is 7.12 Å². The maximum atomic E-state index is 13.7. The summed E-state index contributed by atoms with van der Waals surface area (Å²) in [5, 5.41) is 20.6. The Morgan fingerprint density at radius 1 is 1.18 bits per heavy atom. The van der Waals surface area contributed by atoms with Gasteiger partial charge in [-0.3, -0.25) is 15.0 Å². The van der Waals surface area contributed by atoms with Crippen molar-refractivity contribution < 1.29 is 29.1 Å². The van der Waals surface area contributed by atoms with Crippen LogP contribution in [0.1, 0.15) is 64.2 Å². The number of hydrogen-bond acceptors (Lipinski definition) is 6. The lowest BCUT2D eigenvalue weighted by molar-refractivity contribution is -0.122. The zero-order chi connectivity index (χ0) is 24.9. The molecule has 0 heterocycles. The van der Waals surface area contributed by atoms with Crippen LogP contribution in [0.15, 0.2) is 41.2 Å². The van der Waals surface area contributed by atoms with Crippen LogP contribution in [0, 0.1) is 5.41 Å². The quantitative estimate of drug-likeness (QED) is 0.428. The van der Waals surface area contributed by atoms with E-state index in [9.17, 15) is 19.6 Å². The predicted octanol–water partition coefficient (Wildman–Crippen LogP) is 2.31. The van der Waals surface area contributed by atoms with Crippen molar-refractivity contribution in [2.45, 2.75) is 59.9 Å². The van der Waals surface area contributed by atoms with Gasteiger partial charge in [0.05, 0.1) is 26.0 Å². The number of amides is 2. The van der Waals surface area contributed by atoms with Gasteiger partial charge < -0.3 is 19.5 Å². The molecular formula is C24H35BN2O6. The number of allylic oxidation sites excluding steroid dienone is 2. The fraction of sp³-hybridized carbons (Fsp3) is 0.500. The summed E-state index contributed by atoms with van der Waals surface area (Å²) >= 11 is 0. The number of nitrogens with zero attached hydrogens (tertiary/aromatic N) is 1. The molecule has 1 aliphatic rings. The molecule has 0 saturated heterocycles. The van der Waals surface area contributed by atoms with Crippen molar-refractivity contribution in [2.75, 3.05) is 14.2 Å². The highest BCUT2D eigenvalue weighted by molar-refractivity contribution is 6.58. The zero-order valence-corrected chi connectivity index (χ0v) is 20.6. The molecule has 180 valence electrons. The number of nitrogens with one attached hydrogen (secondary N) is 1. The topological polar surface area (TPSA) is 108 Å². The van der Waals surface area contributed by atoms with Crippen LogP contribution in [0.25, 0.3) is 0 Å². The number of hydrazine groups is 1. The fourth-order valence-corrected chi connectivity index (χ4v) is 4.13. The van der Waals surface area contributed by atoms with Crippen LogP contribution in [0.5, 0.6) is 5.75 Å². The molecule has 2 rings (SSSR count). The number of carbonyl (C=O) groups is 2. The second kappa shape index (κ2) is 10.9. The minimum atomic E-state index is -1.77. The summed E-state index contributed by atoms with van der Waals surface area (Å²) in [6.07, 6.45) is 3.82. The molecule has 0 saturated carbocycles. The van der Waals surface area contributed by atoms with Gasteiger partial charge in [0.2, 0.25) is 0 Å². The van der Waals surface area contributed by atoms with Gasteiger partial charge in [0.15, 0.2) is 0 Å². The number of ether oxygens (including phenoxy) is 2. The zero-order valence-electron chi connectivity index (χ0n) is 20.6. The third-order valence-electron chi connectivity index (χ3n) is 5.88. The first-order valence-electron chi connectivity index (χ1n) is 11.1. The second-order valence-corrected chi connectivity index (χ2v) is 9.18. The minimum Gasteiger partial charge on any atom is -0.501 e. The first-order chi connectivity index (χ1) is 15.4. The van der Waals surface area contributed by atoms with E-state index >= 15 is 0 Å². The summed E-state index contributed by atoms with van der Waals surface area (Å²) in [7, 11) is 1.24. The summed E-state index contributed by atoms with van der Waals surface area (Å²) in [4.78, 5) is 27.0. The van der Waals surface area contributed by atoms with Crippen molar-refractivity contribution in [2.24, 2.45) is 5.41 Å². The summed E-state index contributed by atoms with van der Waals surface area (Å²) in [6, 6.07) is 4.01. The Bertz CT molecular complexity index is 949. The van der Waals surface area contributed by atoms with Gasteiger partial charge in [0.25, 0.3) is 11.8 Å². The van der Waals surface area contributed by atoms with E-state index < -0.39 is 18.9 Å². The monoisotopic (exact) mass is 458 g/mol. The SMILES string of the molecule is CCC(N(NC(=O)C1=CCCC(OC)=C1C)C(=O)c1cc(OC)cc(B(O)O)c1)C(C)(C)C. The Morgan fingerprint density at radius 2 is 1.85 bits per heavy atom. The van der Waals surface area contributed by atoms with E-state index in [4.69, 9.17) is 9.47 Å². The van der Waals surface area contributed by atoms with Crippen molar-refractivity contribution >= 4 is 24.4 Å². The van der Waals surface area contributed by atoms with Gasteiger partial charge in [-0.15, -0.1) is 0 Å². The van der Waals surface area contributed by atoms with Crippen molar-refractivity contribution in [1.29, 1.82) is 0 Å². The predicted molar refractivity (Wildman–Crippen MR) is 128 cm³/mol. The first-order valence-corrected chi connectivity index (χ1v) is 11.1. The van der Waals surface area contributed by atoms with Crippen molar-refractivity contribution in [3.05, 3.63) is 46.7 Å². The lowest BCUT2D eigenvalue weighted by Crippen LogP contribution is -2.56. The second-order valence-electron chi connectivity index (χ2n) is 9.18. The molecule has 0 bridgehead atoms. The molecule has 1 unspecified atom stereocenters. The van der Waals surface area contributed by atoms with Crippen LogP contribution >= 0.6 is 0 Å². The molecule has 0 spiro atoms. The molecule has 8 nitrogen and oxygen atoms in total. The number of benzene rings is 1. The fourth-order valence-electron chi connectivity index (χ4n) is 4.13. The summed E-state index contributed by atoms with van der Waals surface area (Å²) in [5.74, 6) is 0.175. The number of methoxy groups -OCH3 is 2. The molecule has 1 atom stereocenters. The maximum Gasteiger partial charge on any atom is 0.488 e. The molecule has 2 amide bonds. The third kappa shape index (κ3) is 6.18. The van der Waals surface area contributed by atoms with Crippen LogP contribution in [-0.4, -0.2) is 54.3 Å². The van der Waals surface area contributed by atoms with Gasteiger partial charge in [-0.25, -0.2) is 5.01 Å². The molecule has 33 heavy (non-hydrogen) atoms. The van der Waals surface area contributed by atoms with Gasteiger partial charge in [-0.2, -0.15) is 0 Å². The normalized spacial score (nSPS) is 14.9. The Hall–Kier alpha value is -2.78. The molecule has 0 radical (unpaired) electrons. The minimum absolute atomic E-state index is 0.117. The third-order valence-corrected chi connectivity index (χ3v) is 5.88. The largest absolute Gasteiger partial charge is 0.501 e. The van der Waals surface area contributed by atoms with Gasteiger partial charge in [-0.05, 0) is 54.4 Å². The molecule has 3 N–H and O–H groups in total. The number of carbonyl (C=O) groups excluding carboxylic acids is 2. The van der Waals surface area contributed by atoms with Crippen LogP contribution < -0.4 is 15.6 Å². The van der Waals surface area contributed by atoms with Crippen LogP contribution in [0.3, 0.4) is 0 Å².